The second-order valence-corrected chi connectivity index (χ2v) is 5.27. The summed E-state index contributed by atoms with van der Waals surface area (Å²) in [5, 5.41) is 8.94. The fourth-order valence-electron chi connectivity index (χ4n) is 2.02. The maximum Gasteiger partial charge on any atom is 0.345 e. The van der Waals surface area contributed by atoms with Crippen LogP contribution in [0.25, 0.3) is 0 Å². The summed E-state index contributed by atoms with van der Waals surface area (Å²) in [5.74, 6) is -1.11. The minimum atomic E-state index is -0.883. The number of carbonyl (C=O) groups excluding carboxylic acids is 1. The minimum absolute atomic E-state index is 0.227. The number of esters is 1. The van der Waals surface area contributed by atoms with Gasteiger partial charge in [-0.15, -0.1) is 11.3 Å². The van der Waals surface area contributed by atoms with Crippen molar-refractivity contribution in [2.75, 3.05) is 19.7 Å². The van der Waals surface area contributed by atoms with Gasteiger partial charge in [0, 0.05) is 18.0 Å². The lowest BCUT2D eigenvalue weighted by Crippen LogP contribution is -2.35. The van der Waals surface area contributed by atoms with Gasteiger partial charge in [0.05, 0.1) is 13.2 Å². The number of thiophene rings is 1. The van der Waals surface area contributed by atoms with Crippen LogP contribution in [0.15, 0.2) is 6.07 Å². The molecule has 0 fully saturated rings. The second-order valence-electron chi connectivity index (χ2n) is 4.13. The number of nitrogens with zero attached hydrogens (tertiary/aromatic N) is 1. The van der Waals surface area contributed by atoms with E-state index in [1.54, 1.807) is 13.0 Å². The van der Waals surface area contributed by atoms with Crippen LogP contribution in [-0.2, 0) is 22.5 Å². The minimum Gasteiger partial charge on any atom is -0.477 e. The van der Waals surface area contributed by atoms with Crippen LogP contribution in [0.3, 0.4) is 0 Å². The molecule has 0 saturated carbocycles. The molecule has 2 heterocycles. The van der Waals surface area contributed by atoms with E-state index in [4.69, 9.17) is 9.84 Å². The highest BCUT2D eigenvalue weighted by atomic mass is 32.1. The molecule has 0 radical (unpaired) electrons. The molecule has 1 N–H and O–H groups in total. The Balaban J connectivity index is 2.01. The first-order valence-corrected chi connectivity index (χ1v) is 6.64. The van der Waals surface area contributed by atoms with Gasteiger partial charge >= 0.3 is 11.9 Å². The van der Waals surface area contributed by atoms with E-state index in [-0.39, 0.29) is 12.5 Å². The Hall–Kier alpha value is -1.40. The third-order valence-corrected chi connectivity index (χ3v) is 4.04. The predicted octanol–water partition coefficient (Wildman–Crippen LogP) is 1.37. The topological polar surface area (TPSA) is 66.8 Å². The van der Waals surface area contributed by atoms with E-state index in [0.29, 0.717) is 18.0 Å². The average Bonchev–Trinajstić information content (AvgIpc) is 2.72. The monoisotopic (exact) mass is 269 g/mol. The molecule has 0 amide bonds. The number of rotatable bonds is 4. The van der Waals surface area contributed by atoms with Crippen molar-refractivity contribution >= 4 is 23.3 Å². The van der Waals surface area contributed by atoms with Crippen molar-refractivity contribution in [2.24, 2.45) is 0 Å². The van der Waals surface area contributed by atoms with Crippen LogP contribution in [0.5, 0.6) is 0 Å². The molecule has 0 aromatic carbocycles. The zero-order valence-corrected chi connectivity index (χ0v) is 11.0. The summed E-state index contributed by atoms with van der Waals surface area (Å²) in [6.45, 7) is 3.83. The number of carbonyl (C=O) groups is 2. The molecule has 0 bridgehead atoms. The molecular formula is C12H15NO4S. The zero-order chi connectivity index (χ0) is 13.1. The first-order chi connectivity index (χ1) is 8.60. The smallest absolute Gasteiger partial charge is 0.345 e. The lowest BCUT2D eigenvalue weighted by atomic mass is 10.1. The van der Waals surface area contributed by atoms with Gasteiger partial charge in [-0.25, -0.2) is 4.79 Å². The highest BCUT2D eigenvalue weighted by Crippen LogP contribution is 2.28. The fourth-order valence-corrected chi connectivity index (χ4v) is 3.02. The predicted molar refractivity (Wildman–Crippen MR) is 66.9 cm³/mol. The summed E-state index contributed by atoms with van der Waals surface area (Å²) >= 11 is 1.33. The van der Waals surface area contributed by atoms with E-state index in [1.807, 2.05) is 4.90 Å². The Morgan fingerprint density at radius 3 is 3.00 bits per heavy atom. The van der Waals surface area contributed by atoms with Crippen LogP contribution >= 0.6 is 11.3 Å². The highest BCUT2D eigenvalue weighted by Gasteiger charge is 2.22. The average molecular weight is 269 g/mol. The lowest BCUT2D eigenvalue weighted by Gasteiger charge is -2.25. The van der Waals surface area contributed by atoms with Crippen molar-refractivity contribution in [3.8, 4) is 0 Å². The molecule has 2 rings (SSSR count). The van der Waals surface area contributed by atoms with E-state index in [1.165, 1.54) is 11.3 Å². The Bertz CT molecular complexity index is 469. The van der Waals surface area contributed by atoms with Crippen LogP contribution in [0.2, 0.25) is 0 Å². The summed E-state index contributed by atoms with van der Waals surface area (Å²) in [6, 6.07) is 1.71. The fraction of sp³-hybridized carbons (Fsp3) is 0.500. The van der Waals surface area contributed by atoms with Crippen LogP contribution in [0.1, 0.15) is 27.0 Å². The van der Waals surface area contributed by atoms with Gasteiger partial charge in [-0.05, 0) is 25.0 Å². The van der Waals surface area contributed by atoms with Crippen LogP contribution in [0, 0.1) is 0 Å². The van der Waals surface area contributed by atoms with Crippen LogP contribution in [0.4, 0.5) is 0 Å². The molecule has 6 heteroatoms. The van der Waals surface area contributed by atoms with Gasteiger partial charge in [0.25, 0.3) is 0 Å². The maximum atomic E-state index is 11.4. The number of ether oxygens (including phenoxy) is 1. The number of carboxylic acid groups (broad SMARTS) is 1. The highest BCUT2D eigenvalue weighted by molar-refractivity contribution is 7.14. The molecule has 0 spiro atoms. The van der Waals surface area contributed by atoms with Gasteiger partial charge < -0.3 is 9.84 Å². The third kappa shape index (κ3) is 2.88. The van der Waals surface area contributed by atoms with E-state index in [9.17, 15) is 9.59 Å². The summed E-state index contributed by atoms with van der Waals surface area (Å²) in [7, 11) is 0. The summed E-state index contributed by atoms with van der Waals surface area (Å²) in [4.78, 5) is 25.7. The number of fused-ring (bicyclic) bond motifs is 1. The molecule has 1 aliphatic heterocycles. The van der Waals surface area contributed by atoms with E-state index < -0.39 is 5.97 Å². The van der Waals surface area contributed by atoms with Gasteiger partial charge in [0.1, 0.15) is 4.88 Å². The third-order valence-electron chi connectivity index (χ3n) is 2.81. The zero-order valence-electron chi connectivity index (χ0n) is 10.1. The lowest BCUT2D eigenvalue weighted by molar-refractivity contribution is -0.144. The molecule has 0 atom stereocenters. The SMILES string of the molecule is CCOC(=O)CN1CCc2sc(C(=O)O)cc2C1. The summed E-state index contributed by atoms with van der Waals surface area (Å²) in [5.41, 5.74) is 1.02. The van der Waals surface area contributed by atoms with E-state index in [0.717, 1.165) is 23.4 Å². The number of hydrogen-bond acceptors (Lipinski definition) is 5. The van der Waals surface area contributed by atoms with Crippen LogP contribution in [-0.4, -0.2) is 41.6 Å². The number of aromatic carboxylic acids is 1. The van der Waals surface area contributed by atoms with Gasteiger partial charge in [-0.2, -0.15) is 0 Å². The van der Waals surface area contributed by atoms with E-state index >= 15 is 0 Å². The van der Waals surface area contributed by atoms with Crippen molar-refractivity contribution in [1.29, 1.82) is 0 Å². The summed E-state index contributed by atoms with van der Waals surface area (Å²) in [6.07, 6.45) is 0.798. The molecule has 0 unspecified atom stereocenters. The van der Waals surface area contributed by atoms with Crippen molar-refractivity contribution in [1.82, 2.24) is 4.90 Å². The standard InChI is InChI=1S/C12H15NO4S/c1-2-17-11(14)7-13-4-3-9-8(6-13)5-10(18-9)12(15)16/h5H,2-4,6-7H2,1H3,(H,15,16). The first kappa shape index (κ1) is 13.0. The van der Waals surface area contributed by atoms with Gasteiger partial charge in [0.15, 0.2) is 0 Å². The van der Waals surface area contributed by atoms with Crippen LogP contribution < -0.4 is 0 Å². The number of hydrogen-bond donors (Lipinski definition) is 1. The molecule has 0 aliphatic carbocycles. The second kappa shape index (κ2) is 5.49. The molecular weight excluding hydrogens is 254 g/mol. The molecule has 18 heavy (non-hydrogen) atoms. The van der Waals surface area contributed by atoms with Crippen molar-refractivity contribution in [3.63, 3.8) is 0 Å². The molecule has 1 aliphatic rings. The Morgan fingerprint density at radius 2 is 2.33 bits per heavy atom. The van der Waals surface area contributed by atoms with Crippen molar-refractivity contribution in [2.45, 2.75) is 19.9 Å². The van der Waals surface area contributed by atoms with Crippen molar-refractivity contribution in [3.05, 3.63) is 21.4 Å². The quantitative estimate of drug-likeness (QED) is 0.836. The molecule has 0 saturated heterocycles. The summed E-state index contributed by atoms with van der Waals surface area (Å²) < 4.78 is 4.90. The molecule has 1 aromatic heterocycles. The van der Waals surface area contributed by atoms with E-state index in [2.05, 4.69) is 0 Å². The Kier molecular flexibility index (Phi) is 3.98. The maximum absolute atomic E-state index is 11.4. The van der Waals surface area contributed by atoms with Gasteiger partial charge in [0.2, 0.25) is 0 Å². The van der Waals surface area contributed by atoms with Crippen molar-refractivity contribution < 1.29 is 19.4 Å². The number of carboxylic acids is 1. The molecule has 5 nitrogen and oxygen atoms in total. The van der Waals surface area contributed by atoms with Gasteiger partial charge in [-0.3, -0.25) is 9.69 Å². The first-order valence-electron chi connectivity index (χ1n) is 5.83. The largest absolute Gasteiger partial charge is 0.477 e. The normalized spacial score (nSPS) is 15.2. The molecule has 1 aromatic rings. The van der Waals surface area contributed by atoms with Gasteiger partial charge in [-0.1, -0.05) is 0 Å². The Morgan fingerprint density at radius 1 is 1.56 bits per heavy atom. The molecule has 98 valence electrons. The Labute approximate surface area is 109 Å².